The number of benzene rings is 1. The smallest absolute Gasteiger partial charge is 0.223 e. The molecule has 18 heavy (non-hydrogen) atoms. The Bertz CT molecular complexity index is 464. The number of halogens is 1. The van der Waals surface area contributed by atoms with Crippen LogP contribution in [-0.4, -0.2) is 23.9 Å². The van der Waals surface area contributed by atoms with Crippen LogP contribution in [0.1, 0.15) is 18.4 Å². The van der Waals surface area contributed by atoms with E-state index in [2.05, 4.69) is 6.07 Å². The van der Waals surface area contributed by atoms with Crippen LogP contribution in [0.25, 0.3) is 0 Å². The molecule has 0 bridgehead atoms. The van der Waals surface area contributed by atoms with E-state index in [4.69, 9.17) is 5.26 Å². The average molecular weight is 246 g/mol. The number of hydrogen-bond acceptors (Lipinski definition) is 2. The molecule has 1 fully saturated rings. The first-order valence-electron chi connectivity index (χ1n) is 6.11. The summed E-state index contributed by atoms with van der Waals surface area (Å²) in [6, 6.07) is 8.48. The number of nitriles is 1. The van der Waals surface area contributed by atoms with Crippen molar-refractivity contribution >= 4 is 5.91 Å². The number of nitrogens with zero attached hydrogens (tertiary/aromatic N) is 2. The van der Waals surface area contributed by atoms with Crippen LogP contribution in [0.4, 0.5) is 4.39 Å². The second-order valence-corrected chi connectivity index (χ2v) is 4.58. The van der Waals surface area contributed by atoms with E-state index >= 15 is 0 Å². The standard InChI is InChI=1S/C14H15FN2O/c15-13-3-1-11(2-4-13)5-7-17-8-6-12(10-16)9-14(17)18/h1-4,12H,5-9H2. The highest BCUT2D eigenvalue weighted by Gasteiger charge is 2.24. The third-order valence-electron chi connectivity index (χ3n) is 3.29. The summed E-state index contributed by atoms with van der Waals surface area (Å²) in [5, 5.41) is 8.77. The second-order valence-electron chi connectivity index (χ2n) is 4.58. The number of amides is 1. The van der Waals surface area contributed by atoms with E-state index in [1.54, 1.807) is 17.0 Å². The molecule has 0 aromatic heterocycles. The largest absolute Gasteiger partial charge is 0.342 e. The molecule has 0 aliphatic carbocycles. The molecular formula is C14H15FN2O. The lowest BCUT2D eigenvalue weighted by atomic mass is 9.97. The molecule has 1 amide bonds. The lowest BCUT2D eigenvalue weighted by Crippen LogP contribution is -2.39. The summed E-state index contributed by atoms with van der Waals surface area (Å²) in [4.78, 5) is 13.5. The summed E-state index contributed by atoms with van der Waals surface area (Å²) in [7, 11) is 0. The zero-order valence-electron chi connectivity index (χ0n) is 10.1. The monoisotopic (exact) mass is 246 g/mol. The summed E-state index contributed by atoms with van der Waals surface area (Å²) in [5.41, 5.74) is 1.02. The molecule has 0 saturated carbocycles. The Hall–Kier alpha value is -1.89. The van der Waals surface area contributed by atoms with Crippen molar-refractivity contribution in [2.45, 2.75) is 19.3 Å². The second kappa shape index (κ2) is 5.63. The summed E-state index contributed by atoms with van der Waals surface area (Å²) < 4.78 is 12.7. The summed E-state index contributed by atoms with van der Waals surface area (Å²) in [6.07, 6.45) is 1.81. The number of likely N-dealkylation sites (tertiary alicyclic amines) is 1. The van der Waals surface area contributed by atoms with Gasteiger partial charge in [0.1, 0.15) is 5.82 Å². The molecule has 1 saturated heterocycles. The SMILES string of the molecule is N#CC1CCN(CCc2ccc(F)cc2)C(=O)C1. The van der Waals surface area contributed by atoms with Crippen LogP contribution in [0.3, 0.4) is 0 Å². The minimum absolute atomic E-state index is 0.0508. The quantitative estimate of drug-likeness (QED) is 0.820. The molecule has 0 spiro atoms. The number of piperidine rings is 1. The Morgan fingerprint density at radius 1 is 1.39 bits per heavy atom. The Morgan fingerprint density at radius 3 is 2.72 bits per heavy atom. The van der Waals surface area contributed by atoms with Crippen LogP contribution in [-0.2, 0) is 11.2 Å². The maximum atomic E-state index is 12.7. The van der Waals surface area contributed by atoms with Gasteiger partial charge in [-0.05, 0) is 30.5 Å². The van der Waals surface area contributed by atoms with Gasteiger partial charge in [-0.25, -0.2) is 4.39 Å². The summed E-state index contributed by atoms with van der Waals surface area (Å²) in [6.45, 7) is 1.29. The van der Waals surface area contributed by atoms with Gasteiger partial charge in [0.15, 0.2) is 0 Å². The van der Waals surface area contributed by atoms with Crippen molar-refractivity contribution in [3.05, 3.63) is 35.6 Å². The molecule has 1 aliphatic rings. The maximum Gasteiger partial charge on any atom is 0.223 e. The maximum absolute atomic E-state index is 12.7. The van der Waals surface area contributed by atoms with Gasteiger partial charge in [0.05, 0.1) is 12.0 Å². The minimum Gasteiger partial charge on any atom is -0.342 e. The van der Waals surface area contributed by atoms with Crippen LogP contribution >= 0.6 is 0 Å². The molecule has 1 aromatic carbocycles. The van der Waals surface area contributed by atoms with Crippen molar-refractivity contribution in [3.8, 4) is 6.07 Å². The van der Waals surface area contributed by atoms with Crippen molar-refractivity contribution in [1.29, 1.82) is 5.26 Å². The molecule has 0 radical (unpaired) electrons. The molecule has 1 heterocycles. The van der Waals surface area contributed by atoms with Crippen LogP contribution in [0, 0.1) is 23.1 Å². The molecule has 1 aliphatic heterocycles. The van der Waals surface area contributed by atoms with Gasteiger partial charge in [-0.1, -0.05) is 12.1 Å². The fraction of sp³-hybridized carbons (Fsp3) is 0.429. The van der Waals surface area contributed by atoms with Crippen molar-refractivity contribution in [3.63, 3.8) is 0 Å². The van der Waals surface area contributed by atoms with Crippen molar-refractivity contribution in [2.24, 2.45) is 5.92 Å². The number of carbonyl (C=O) groups is 1. The van der Waals surface area contributed by atoms with E-state index < -0.39 is 0 Å². The van der Waals surface area contributed by atoms with Crippen LogP contribution in [0.2, 0.25) is 0 Å². The van der Waals surface area contributed by atoms with Crippen LogP contribution in [0.15, 0.2) is 24.3 Å². The molecule has 4 heteroatoms. The first kappa shape index (κ1) is 12.6. The van der Waals surface area contributed by atoms with Crippen LogP contribution < -0.4 is 0 Å². The Kier molecular flexibility index (Phi) is 3.93. The third kappa shape index (κ3) is 3.07. The Balaban J connectivity index is 1.86. The fourth-order valence-electron chi connectivity index (χ4n) is 2.14. The predicted octanol–water partition coefficient (Wildman–Crippen LogP) is 2.13. The zero-order valence-corrected chi connectivity index (χ0v) is 10.1. The van der Waals surface area contributed by atoms with Gasteiger partial charge >= 0.3 is 0 Å². The molecule has 2 rings (SSSR count). The first-order chi connectivity index (χ1) is 8.69. The molecule has 3 nitrogen and oxygen atoms in total. The van der Waals surface area contributed by atoms with Gasteiger partial charge in [0, 0.05) is 19.5 Å². The lowest BCUT2D eigenvalue weighted by molar-refractivity contribution is -0.134. The van der Waals surface area contributed by atoms with E-state index in [0.717, 1.165) is 18.4 Å². The molecule has 94 valence electrons. The van der Waals surface area contributed by atoms with Crippen molar-refractivity contribution < 1.29 is 9.18 Å². The van der Waals surface area contributed by atoms with Gasteiger partial charge in [-0.15, -0.1) is 0 Å². The Morgan fingerprint density at radius 2 is 2.11 bits per heavy atom. The topological polar surface area (TPSA) is 44.1 Å². The number of carbonyl (C=O) groups excluding carboxylic acids is 1. The number of rotatable bonds is 3. The van der Waals surface area contributed by atoms with Crippen molar-refractivity contribution in [1.82, 2.24) is 4.90 Å². The highest BCUT2D eigenvalue weighted by molar-refractivity contribution is 5.77. The molecule has 1 unspecified atom stereocenters. The minimum atomic E-state index is -0.246. The van der Waals surface area contributed by atoms with E-state index in [9.17, 15) is 9.18 Å². The lowest BCUT2D eigenvalue weighted by Gasteiger charge is -2.29. The highest BCUT2D eigenvalue weighted by atomic mass is 19.1. The van der Waals surface area contributed by atoms with Gasteiger partial charge < -0.3 is 4.90 Å². The van der Waals surface area contributed by atoms with Crippen LogP contribution in [0.5, 0.6) is 0 Å². The average Bonchev–Trinajstić information content (AvgIpc) is 2.39. The van der Waals surface area contributed by atoms with E-state index in [0.29, 0.717) is 19.5 Å². The van der Waals surface area contributed by atoms with Gasteiger partial charge in [-0.2, -0.15) is 5.26 Å². The molecule has 1 aromatic rings. The van der Waals surface area contributed by atoms with Crippen molar-refractivity contribution in [2.75, 3.05) is 13.1 Å². The normalized spacial score (nSPS) is 19.7. The third-order valence-corrected chi connectivity index (χ3v) is 3.29. The molecular weight excluding hydrogens is 231 g/mol. The van der Waals surface area contributed by atoms with Gasteiger partial charge in [0.25, 0.3) is 0 Å². The van der Waals surface area contributed by atoms with Gasteiger partial charge in [-0.3, -0.25) is 4.79 Å². The van der Waals surface area contributed by atoms with E-state index in [-0.39, 0.29) is 17.6 Å². The van der Waals surface area contributed by atoms with E-state index in [1.165, 1.54) is 12.1 Å². The summed E-state index contributed by atoms with van der Waals surface area (Å²) in [5.74, 6) is -0.320. The number of hydrogen-bond donors (Lipinski definition) is 0. The molecule has 0 N–H and O–H groups in total. The first-order valence-corrected chi connectivity index (χ1v) is 6.11. The fourth-order valence-corrected chi connectivity index (χ4v) is 2.14. The Labute approximate surface area is 106 Å². The molecule has 1 atom stereocenters. The highest BCUT2D eigenvalue weighted by Crippen LogP contribution is 2.17. The summed E-state index contributed by atoms with van der Waals surface area (Å²) >= 11 is 0. The van der Waals surface area contributed by atoms with E-state index in [1.807, 2.05) is 0 Å². The predicted molar refractivity (Wildman–Crippen MR) is 65.0 cm³/mol. The van der Waals surface area contributed by atoms with Gasteiger partial charge in [0.2, 0.25) is 5.91 Å². The zero-order chi connectivity index (χ0) is 13.0.